The summed E-state index contributed by atoms with van der Waals surface area (Å²) in [7, 11) is 1.59. The summed E-state index contributed by atoms with van der Waals surface area (Å²) in [6.07, 6.45) is 0.133. The van der Waals surface area contributed by atoms with Gasteiger partial charge >= 0.3 is 0 Å². The molecule has 2 aliphatic rings. The minimum Gasteiger partial charge on any atom is -0.497 e. The summed E-state index contributed by atoms with van der Waals surface area (Å²) in [5.41, 5.74) is 1.68. The highest BCUT2D eigenvalue weighted by molar-refractivity contribution is 8.03. The largest absolute Gasteiger partial charge is 0.497 e. The van der Waals surface area contributed by atoms with Gasteiger partial charge in [-0.15, -0.1) is 11.8 Å². The fourth-order valence-corrected chi connectivity index (χ4v) is 5.16. The van der Waals surface area contributed by atoms with Crippen molar-refractivity contribution >= 4 is 17.7 Å². The van der Waals surface area contributed by atoms with Crippen molar-refractivity contribution in [3.05, 3.63) is 75.8 Å². The first-order valence-electron chi connectivity index (χ1n) is 9.01. The Morgan fingerprint density at radius 1 is 1.29 bits per heavy atom. The van der Waals surface area contributed by atoms with E-state index >= 15 is 0 Å². The van der Waals surface area contributed by atoms with Crippen LogP contribution in [0.2, 0.25) is 0 Å². The van der Waals surface area contributed by atoms with Crippen LogP contribution in [-0.2, 0) is 10.5 Å². The monoisotopic (exact) mass is 392 g/mol. The van der Waals surface area contributed by atoms with Crippen LogP contribution in [-0.4, -0.2) is 28.8 Å². The number of carbonyl (C=O) groups excluding carboxylic acids is 1. The molecule has 5 nitrogen and oxygen atoms in total. The maximum absolute atomic E-state index is 13.1. The molecule has 0 aromatic heterocycles. The van der Waals surface area contributed by atoms with Crippen LogP contribution < -0.4 is 4.74 Å². The molecule has 0 unspecified atom stereocenters. The lowest BCUT2D eigenvalue weighted by Gasteiger charge is -2.38. The van der Waals surface area contributed by atoms with E-state index in [1.54, 1.807) is 7.11 Å². The normalized spacial score (nSPS) is 24.1. The van der Waals surface area contributed by atoms with Crippen molar-refractivity contribution in [2.24, 2.45) is 0 Å². The molecule has 1 fully saturated rings. The standard InChI is InChI=1S/C22H20N2O3S/c1-14-6-8-16(9-7-14)22(26)13-28-21-19(12-23)18(11-20(25)24(21)22)15-4-3-5-17(10-15)27-2/h3-10,18,26H,11,13H2,1-2H3/t18-,22-/m1/s1. The smallest absolute Gasteiger partial charge is 0.231 e. The minimum atomic E-state index is -1.44. The average molecular weight is 392 g/mol. The molecule has 142 valence electrons. The molecule has 4 rings (SSSR count). The van der Waals surface area contributed by atoms with Gasteiger partial charge < -0.3 is 9.84 Å². The topological polar surface area (TPSA) is 73.6 Å². The molecule has 2 aliphatic heterocycles. The van der Waals surface area contributed by atoms with E-state index in [-0.39, 0.29) is 18.2 Å². The first-order chi connectivity index (χ1) is 13.5. The molecule has 1 saturated heterocycles. The van der Waals surface area contributed by atoms with Crippen LogP contribution in [0.1, 0.15) is 29.0 Å². The Balaban J connectivity index is 1.79. The zero-order valence-electron chi connectivity index (χ0n) is 15.7. The predicted octanol–water partition coefficient (Wildman–Crippen LogP) is 3.65. The van der Waals surface area contributed by atoms with Crippen LogP contribution in [0.15, 0.2) is 59.1 Å². The van der Waals surface area contributed by atoms with E-state index in [9.17, 15) is 15.2 Å². The zero-order chi connectivity index (χ0) is 19.9. The first-order valence-corrected chi connectivity index (χ1v) is 10.00. The number of aliphatic hydroxyl groups is 1. The van der Waals surface area contributed by atoms with Gasteiger partial charge in [0, 0.05) is 17.9 Å². The van der Waals surface area contributed by atoms with Gasteiger partial charge in [-0.3, -0.25) is 9.69 Å². The van der Waals surface area contributed by atoms with Gasteiger partial charge in [0.1, 0.15) is 5.75 Å². The Morgan fingerprint density at radius 3 is 2.71 bits per heavy atom. The van der Waals surface area contributed by atoms with Gasteiger partial charge in [-0.25, -0.2) is 0 Å². The van der Waals surface area contributed by atoms with Crippen molar-refractivity contribution in [2.45, 2.75) is 25.0 Å². The van der Waals surface area contributed by atoms with E-state index in [2.05, 4.69) is 6.07 Å². The van der Waals surface area contributed by atoms with Crippen LogP contribution in [0.3, 0.4) is 0 Å². The maximum Gasteiger partial charge on any atom is 0.231 e. The highest BCUT2D eigenvalue weighted by atomic mass is 32.2. The van der Waals surface area contributed by atoms with E-state index < -0.39 is 5.72 Å². The highest BCUT2D eigenvalue weighted by Gasteiger charge is 2.51. The first kappa shape index (κ1) is 18.6. The van der Waals surface area contributed by atoms with Crippen LogP contribution in [0, 0.1) is 18.3 Å². The summed E-state index contributed by atoms with van der Waals surface area (Å²) in [6.45, 7) is 1.97. The number of aryl methyl sites for hydroxylation is 1. The third-order valence-corrected chi connectivity index (χ3v) is 6.54. The van der Waals surface area contributed by atoms with Gasteiger partial charge in [-0.2, -0.15) is 5.26 Å². The Morgan fingerprint density at radius 2 is 2.04 bits per heavy atom. The number of fused-ring (bicyclic) bond motifs is 1. The summed E-state index contributed by atoms with van der Waals surface area (Å²) in [5.74, 6) is 0.458. The van der Waals surface area contributed by atoms with E-state index in [0.29, 0.717) is 27.7 Å². The number of hydrogen-bond acceptors (Lipinski definition) is 5. The summed E-state index contributed by atoms with van der Waals surface area (Å²) in [4.78, 5) is 14.5. The second-order valence-corrected chi connectivity index (χ2v) is 8.03. The number of thioether (sulfide) groups is 1. The molecular formula is C22H20N2O3S. The van der Waals surface area contributed by atoms with E-state index in [4.69, 9.17) is 4.74 Å². The molecule has 0 spiro atoms. The minimum absolute atomic E-state index is 0.133. The Bertz CT molecular complexity index is 1010. The van der Waals surface area contributed by atoms with Crippen molar-refractivity contribution in [1.29, 1.82) is 5.26 Å². The van der Waals surface area contributed by atoms with Crippen LogP contribution >= 0.6 is 11.8 Å². The Kier molecular flexibility index (Phi) is 4.66. The molecule has 2 aromatic carbocycles. The zero-order valence-corrected chi connectivity index (χ0v) is 16.5. The van der Waals surface area contributed by atoms with Crippen LogP contribution in [0.25, 0.3) is 0 Å². The quantitative estimate of drug-likeness (QED) is 0.863. The van der Waals surface area contributed by atoms with Crippen molar-refractivity contribution in [3.8, 4) is 11.8 Å². The lowest BCUT2D eigenvalue weighted by molar-refractivity contribution is -0.149. The summed E-state index contributed by atoms with van der Waals surface area (Å²) in [6, 6.07) is 17.3. The number of amides is 1. The maximum atomic E-state index is 13.1. The van der Waals surface area contributed by atoms with E-state index in [1.165, 1.54) is 16.7 Å². The number of carbonyl (C=O) groups is 1. The van der Waals surface area contributed by atoms with Crippen LogP contribution in [0.4, 0.5) is 0 Å². The van der Waals surface area contributed by atoms with E-state index in [1.807, 2.05) is 55.5 Å². The summed E-state index contributed by atoms with van der Waals surface area (Å²) in [5, 5.41) is 21.8. The number of benzene rings is 2. The lowest BCUT2D eigenvalue weighted by atomic mass is 9.85. The molecule has 28 heavy (non-hydrogen) atoms. The van der Waals surface area contributed by atoms with E-state index in [0.717, 1.165) is 11.1 Å². The van der Waals surface area contributed by atoms with Crippen molar-refractivity contribution in [1.82, 2.24) is 4.90 Å². The number of nitrogens with zero attached hydrogens (tertiary/aromatic N) is 2. The molecule has 1 amide bonds. The van der Waals surface area contributed by atoms with Crippen LogP contribution in [0.5, 0.6) is 5.75 Å². The van der Waals surface area contributed by atoms with Gasteiger partial charge in [-0.1, -0.05) is 42.0 Å². The number of rotatable bonds is 3. The number of nitriles is 1. The van der Waals surface area contributed by atoms with Gasteiger partial charge in [0.15, 0.2) is 5.72 Å². The predicted molar refractivity (Wildman–Crippen MR) is 107 cm³/mol. The highest BCUT2D eigenvalue weighted by Crippen LogP contribution is 2.51. The molecule has 0 aliphatic carbocycles. The molecule has 1 N–H and O–H groups in total. The average Bonchev–Trinajstić information content (AvgIpc) is 3.07. The third-order valence-electron chi connectivity index (χ3n) is 5.32. The molecule has 2 atom stereocenters. The summed E-state index contributed by atoms with van der Waals surface area (Å²) < 4.78 is 5.29. The molecule has 2 heterocycles. The van der Waals surface area contributed by atoms with Crippen molar-refractivity contribution in [2.75, 3.05) is 12.9 Å². The SMILES string of the molecule is COc1cccc([C@H]2CC(=O)N3C(=C2C#N)SC[C@@]3(O)c2ccc(C)cc2)c1. The number of ether oxygens (including phenoxy) is 1. The molecule has 0 radical (unpaired) electrons. The molecule has 0 bridgehead atoms. The molecule has 2 aromatic rings. The van der Waals surface area contributed by atoms with Crippen molar-refractivity contribution in [3.63, 3.8) is 0 Å². The van der Waals surface area contributed by atoms with Gasteiger partial charge in [0.2, 0.25) is 5.91 Å². The van der Waals surface area contributed by atoms with Gasteiger partial charge in [-0.05, 0) is 24.6 Å². The molecule has 0 saturated carbocycles. The second-order valence-electron chi connectivity index (χ2n) is 7.06. The van der Waals surface area contributed by atoms with Crippen molar-refractivity contribution < 1.29 is 14.6 Å². The Hall–Kier alpha value is -2.75. The number of hydrogen-bond donors (Lipinski definition) is 1. The number of methoxy groups -OCH3 is 1. The van der Waals surface area contributed by atoms with Gasteiger partial charge in [0.05, 0.1) is 29.5 Å². The molecule has 6 heteroatoms. The van der Waals surface area contributed by atoms with Gasteiger partial charge in [0.25, 0.3) is 0 Å². The summed E-state index contributed by atoms with van der Waals surface area (Å²) >= 11 is 1.36. The lowest BCUT2D eigenvalue weighted by Crippen LogP contribution is -2.48. The fraction of sp³-hybridized carbons (Fsp3) is 0.273. The second kappa shape index (κ2) is 7.01. The fourth-order valence-electron chi connectivity index (χ4n) is 3.80. The molecular weight excluding hydrogens is 372 g/mol. The number of allylic oxidation sites excluding steroid dienone is 1. The Labute approximate surface area is 168 Å². The third kappa shape index (κ3) is 2.88.